The molecule has 1 unspecified atom stereocenters. The number of halogens is 2. The first kappa shape index (κ1) is 22.3. The van der Waals surface area contributed by atoms with Crippen LogP contribution in [0.25, 0.3) is 0 Å². The Labute approximate surface area is 200 Å². The van der Waals surface area contributed by atoms with E-state index in [-0.39, 0.29) is 55.1 Å². The molecule has 8 nitrogen and oxygen atoms in total. The smallest absolute Gasteiger partial charge is 0.325 e. The van der Waals surface area contributed by atoms with Crippen molar-refractivity contribution in [3.63, 3.8) is 0 Å². The fourth-order valence-electron chi connectivity index (χ4n) is 4.96. The largest absolute Gasteiger partial charge is 0.338 e. The number of nitrogens with zero attached hydrogens (tertiary/aromatic N) is 3. The van der Waals surface area contributed by atoms with Crippen LogP contribution in [0.1, 0.15) is 27.9 Å². The van der Waals surface area contributed by atoms with Gasteiger partial charge in [0.05, 0.1) is 10.6 Å². The van der Waals surface area contributed by atoms with Crippen molar-refractivity contribution in [2.75, 3.05) is 32.7 Å². The fraction of sp³-hybridized carbons (Fsp3) is 0.333. The van der Waals surface area contributed by atoms with Crippen molar-refractivity contribution in [3.8, 4) is 0 Å². The van der Waals surface area contributed by atoms with E-state index in [0.717, 1.165) is 22.1 Å². The number of carbonyl (C=O) groups is 4. The molecule has 2 aromatic rings. The molecule has 0 aromatic heterocycles. The second kappa shape index (κ2) is 8.39. The van der Waals surface area contributed by atoms with Gasteiger partial charge in [-0.25, -0.2) is 9.18 Å². The summed E-state index contributed by atoms with van der Waals surface area (Å²) in [5.41, 5.74) is 0.901. The molecule has 1 N–H and O–H groups in total. The monoisotopic (exact) mass is 484 g/mol. The minimum absolute atomic E-state index is 0.0319. The normalized spacial score (nSPS) is 21.8. The molecule has 2 aliphatic heterocycles. The topological polar surface area (TPSA) is 90.0 Å². The number of hydrogen-bond acceptors (Lipinski definition) is 4. The van der Waals surface area contributed by atoms with Gasteiger partial charge >= 0.3 is 6.03 Å². The first-order valence-corrected chi connectivity index (χ1v) is 11.4. The van der Waals surface area contributed by atoms with Gasteiger partial charge in [0.1, 0.15) is 17.9 Å². The number of rotatable bonds is 3. The lowest BCUT2D eigenvalue weighted by Gasteiger charge is -2.35. The SMILES string of the molecule is O=C(CN1C(=O)NC2(CCc3ccccc32)C1=O)N1CCN(C(=O)c2ccc(F)cc2Cl)CC1. The predicted molar refractivity (Wildman–Crippen MR) is 121 cm³/mol. The summed E-state index contributed by atoms with van der Waals surface area (Å²) in [6.45, 7) is 0.666. The number of nitrogens with one attached hydrogen (secondary N) is 1. The number of aryl methyl sites for hydroxylation is 1. The first-order chi connectivity index (χ1) is 16.3. The lowest BCUT2D eigenvalue weighted by atomic mass is 9.92. The molecule has 0 saturated carbocycles. The summed E-state index contributed by atoms with van der Waals surface area (Å²) >= 11 is 6.00. The van der Waals surface area contributed by atoms with Crippen LogP contribution in [0.3, 0.4) is 0 Å². The van der Waals surface area contributed by atoms with Crippen molar-refractivity contribution in [2.45, 2.75) is 18.4 Å². The molecule has 1 aliphatic carbocycles. The average Bonchev–Trinajstić information content (AvgIpc) is 3.31. The van der Waals surface area contributed by atoms with Crippen molar-refractivity contribution in [1.82, 2.24) is 20.0 Å². The molecular formula is C24H22ClFN4O4. The minimum Gasteiger partial charge on any atom is -0.338 e. The van der Waals surface area contributed by atoms with E-state index in [1.54, 1.807) is 4.90 Å². The second-order valence-corrected chi connectivity index (χ2v) is 9.09. The van der Waals surface area contributed by atoms with E-state index in [2.05, 4.69) is 5.32 Å². The van der Waals surface area contributed by atoms with Crippen molar-refractivity contribution in [1.29, 1.82) is 0 Å². The van der Waals surface area contributed by atoms with Crippen molar-refractivity contribution in [2.24, 2.45) is 0 Å². The molecular weight excluding hydrogens is 463 g/mol. The van der Waals surface area contributed by atoms with Gasteiger partial charge in [-0.3, -0.25) is 19.3 Å². The van der Waals surface area contributed by atoms with E-state index in [1.165, 1.54) is 17.0 Å². The maximum absolute atomic E-state index is 13.3. The Kier molecular flexibility index (Phi) is 5.51. The Morgan fingerprint density at radius 1 is 1.03 bits per heavy atom. The highest BCUT2D eigenvalue weighted by molar-refractivity contribution is 6.33. The highest BCUT2D eigenvalue weighted by Gasteiger charge is 2.55. The first-order valence-electron chi connectivity index (χ1n) is 11.0. The van der Waals surface area contributed by atoms with E-state index in [1.807, 2.05) is 24.3 Å². The molecule has 3 aliphatic rings. The van der Waals surface area contributed by atoms with Crippen molar-refractivity contribution >= 4 is 35.4 Å². The highest BCUT2D eigenvalue weighted by Crippen LogP contribution is 2.41. The Bertz CT molecular complexity index is 1210. The molecule has 2 aromatic carbocycles. The summed E-state index contributed by atoms with van der Waals surface area (Å²) in [4.78, 5) is 55.6. The molecule has 10 heteroatoms. The van der Waals surface area contributed by atoms with Gasteiger partial charge in [-0.05, 0) is 42.2 Å². The highest BCUT2D eigenvalue weighted by atomic mass is 35.5. The van der Waals surface area contributed by atoms with E-state index in [0.29, 0.717) is 12.8 Å². The van der Waals surface area contributed by atoms with E-state index in [4.69, 9.17) is 11.6 Å². The number of hydrogen-bond donors (Lipinski definition) is 1. The van der Waals surface area contributed by atoms with Gasteiger partial charge in [0.2, 0.25) is 5.91 Å². The Hall–Kier alpha value is -3.46. The predicted octanol–water partition coefficient (Wildman–Crippen LogP) is 2.16. The maximum Gasteiger partial charge on any atom is 0.325 e. The third-order valence-corrected chi connectivity index (χ3v) is 7.11. The number of amides is 5. The summed E-state index contributed by atoms with van der Waals surface area (Å²) in [6, 6.07) is 10.5. The van der Waals surface area contributed by atoms with Crippen LogP contribution in [-0.4, -0.2) is 71.2 Å². The summed E-state index contributed by atoms with van der Waals surface area (Å²) in [6.07, 6.45) is 1.15. The summed E-state index contributed by atoms with van der Waals surface area (Å²) in [7, 11) is 0. The number of benzene rings is 2. The number of fused-ring (bicyclic) bond motifs is 2. The standard InChI is InChI=1S/C24H22ClFN4O4/c25-19-13-16(26)5-6-17(19)21(32)29-11-9-28(10-12-29)20(31)14-30-22(33)24(27-23(30)34)8-7-15-3-1-2-4-18(15)24/h1-6,13H,7-12,14H2,(H,27,34). The van der Waals surface area contributed by atoms with Crippen LogP contribution in [0.4, 0.5) is 9.18 Å². The molecule has 2 fully saturated rings. The summed E-state index contributed by atoms with van der Waals surface area (Å²) < 4.78 is 13.3. The van der Waals surface area contributed by atoms with E-state index >= 15 is 0 Å². The zero-order chi connectivity index (χ0) is 24.0. The van der Waals surface area contributed by atoms with E-state index < -0.39 is 23.3 Å². The zero-order valence-electron chi connectivity index (χ0n) is 18.2. The molecule has 5 amide bonds. The molecule has 1 atom stereocenters. The Morgan fingerprint density at radius 2 is 1.74 bits per heavy atom. The molecule has 34 heavy (non-hydrogen) atoms. The van der Waals surface area contributed by atoms with Gasteiger partial charge in [0.15, 0.2) is 0 Å². The quantitative estimate of drug-likeness (QED) is 0.676. The van der Waals surface area contributed by atoms with Crippen LogP contribution in [0, 0.1) is 5.82 Å². The molecule has 5 rings (SSSR count). The van der Waals surface area contributed by atoms with Gasteiger partial charge in [-0.15, -0.1) is 0 Å². The van der Waals surface area contributed by atoms with Crippen LogP contribution in [0.2, 0.25) is 5.02 Å². The Balaban J connectivity index is 1.22. The molecule has 0 bridgehead atoms. The maximum atomic E-state index is 13.3. The van der Waals surface area contributed by atoms with Crippen molar-refractivity contribution in [3.05, 3.63) is 70.0 Å². The van der Waals surface area contributed by atoms with Crippen LogP contribution in [0.15, 0.2) is 42.5 Å². The van der Waals surface area contributed by atoms with Gasteiger partial charge in [0.25, 0.3) is 11.8 Å². The molecule has 2 heterocycles. The van der Waals surface area contributed by atoms with Gasteiger partial charge in [-0.1, -0.05) is 35.9 Å². The molecule has 1 spiro atoms. The minimum atomic E-state index is -1.10. The van der Waals surface area contributed by atoms with Gasteiger partial charge in [0, 0.05) is 26.2 Å². The number of urea groups is 1. The number of carbonyl (C=O) groups excluding carboxylic acids is 4. The summed E-state index contributed by atoms with van der Waals surface area (Å²) in [5.74, 6) is -1.64. The third-order valence-electron chi connectivity index (χ3n) is 6.80. The number of piperazine rings is 1. The third kappa shape index (κ3) is 3.60. The van der Waals surface area contributed by atoms with Crippen LogP contribution >= 0.6 is 11.6 Å². The van der Waals surface area contributed by atoms with Crippen LogP contribution < -0.4 is 5.32 Å². The van der Waals surface area contributed by atoms with Crippen molar-refractivity contribution < 1.29 is 23.6 Å². The second-order valence-electron chi connectivity index (χ2n) is 8.68. The van der Waals surface area contributed by atoms with E-state index in [9.17, 15) is 23.6 Å². The van der Waals surface area contributed by atoms with Gasteiger partial charge in [-0.2, -0.15) is 0 Å². The molecule has 0 radical (unpaired) electrons. The average molecular weight is 485 g/mol. The Morgan fingerprint density at radius 3 is 2.47 bits per heavy atom. The zero-order valence-corrected chi connectivity index (χ0v) is 19.0. The number of imide groups is 1. The molecule has 2 saturated heterocycles. The lowest BCUT2D eigenvalue weighted by molar-refractivity contribution is -0.140. The fourth-order valence-corrected chi connectivity index (χ4v) is 5.21. The van der Waals surface area contributed by atoms with Gasteiger partial charge < -0.3 is 15.1 Å². The van der Waals surface area contributed by atoms with Crippen LogP contribution in [-0.2, 0) is 21.5 Å². The molecule has 176 valence electrons. The van der Waals surface area contributed by atoms with Crippen LogP contribution in [0.5, 0.6) is 0 Å². The lowest BCUT2D eigenvalue weighted by Crippen LogP contribution is -2.53. The summed E-state index contributed by atoms with van der Waals surface area (Å²) in [5, 5.41) is 2.85.